The maximum Gasteiger partial charge on any atom is 0.266 e. The van der Waals surface area contributed by atoms with Gasteiger partial charge in [-0.3, -0.25) is 29.4 Å². The normalized spacial score (nSPS) is 17.6. The number of hydrogen-bond donors (Lipinski definition) is 0. The van der Waals surface area contributed by atoms with Gasteiger partial charge in [0.25, 0.3) is 47.4 Å². The lowest BCUT2D eigenvalue weighted by Gasteiger charge is -2.43. The number of piperidine rings is 2. The first kappa shape index (κ1) is 87.2. The molecule has 0 atom stereocenters. The molecule has 596 valence electrons. The molecule has 0 unspecified atom stereocenters. The standard InChI is InChI=1S/C23H35N5O2.C22H33N5O.C18H26N4O2.C17H24N4O.4CH4/c1-16(2)26-10-12-27(13-11-26)19-6-8-28(9-7-19)23-24-22(30-25-23)20-15-21(29-5)18(4)14-17(20)3;1-16(2)25-11-13-26(14-12-25)19-7-9-27(10-8-19)22-23-21(28-24-22)20-6-5-17(3)15-18(20)4;1-12(2)21-6-8-22(9-7-21)18-19-17(24-20-18)15-11-16(23-5)14(4)10-13(15)3;1-12(2)20-7-9-21(10-8-20)17-18-16(22-19-17)15-6-5-13(3)11-14(15)4;;;;/h14-16,19H,6-13H2,1-5H3;5-6,15-16,19H,7-14H2,1-4H3;10-12H,6-9H2,1-5H3;5-6,11-12H,7-10H2,1-4H3;4*1H4. The molecule has 0 aliphatic carbocycles. The summed E-state index contributed by atoms with van der Waals surface area (Å²) in [6, 6.07) is 24.6. The highest BCUT2D eigenvalue weighted by Gasteiger charge is 2.33. The van der Waals surface area contributed by atoms with Gasteiger partial charge in [0.1, 0.15) is 11.5 Å². The first-order valence-corrected chi connectivity index (χ1v) is 38.3. The van der Waals surface area contributed by atoms with Gasteiger partial charge in [0, 0.05) is 189 Å². The zero-order chi connectivity index (χ0) is 73.9. The molecule has 0 spiro atoms. The van der Waals surface area contributed by atoms with Crippen molar-refractivity contribution in [2.24, 2.45) is 0 Å². The Bertz CT molecular complexity index is 4000. The van der Waals surface area contributed by atoms with E-state index in [1.807, 2.05) is 32.9 Å². The van der Waals surface area contributed by atoms with Gasteiger partial charge in [-0.05, 0) is 215 Å². The van der Waals surface area contributed by atoms with Crippen LogP contribution in [0.4, 0.5) is 23.8 Å². The molecule has 4 aromatic carbocycles. The van der Waals surface area contributed by atoms with Crippen LogP contribution in [-0.4, -0.2) is 251 Å². The SMILES string of the molecule is C.C.C.C.COc1cc(-c2nc(N3CCC(N4CCN(C(C)C)CC4)CC3)no2)c(C)cc1C.COc1cc(-c2nc(N3CCN(C(C)C)CC3)no2)c(C)cc1C.Cc1ccc(-c2nc(N3CCC(N4CCN(C(C)C)CC4)CC3)no2)c(C)c1.Cc1ccc(-c2nc(N3CCN(C(C)C)CC3)no2)c(C)c1. The van der Waals surface area contributed by atoms with Gasteiger partial charge >= 0.3 is 0 Å². The van der Waals surface area contributed by atoms with Gasteiger partial charge < -0.3 is 47.2 Å². The molecule has 14 rings (SSSR count). The van der Waals surface area contributed by atoms with Crippen LogP contribution in [0.5, 0.6) is 11.5 Å². The quantitative estimate of drug-likeness (QED) is 0.0881. The fourth-order valence-electron chi connectivity index (χ4n) is 15.5. The molecule has 10 heterocycles. The average Bonchev–Trinajstić information content (AvgIpc) is 1.67. The van der Waals surface area contributed by atoms with Crippen molar-refractivity contribution in [3.8, 4) is 57.3 Å². The lowest BCUT2D eigenvalue weighted by molar-refractivity contribution is 0.0691. The minimum absolute atomic E-state index is 0. The van der Waals surface area contributed by atoms with E-state index in [2.05, 4.69) is 223 Å². The average molecular weight is 1490 g/mol. The van der Waals surface area contributed by atoms with Gasteiger partial charge in [-0.2, -0.15) is 19.9 Å². The molecule has 24 heteroatoms. The summed E-state index contributed by atoms with van der Waals surface area (Å²) in [5.41, 5.74) is 13.2. The molecule has 0 amide bonds. The Hall–Kier alpha value is -8.00. The van der Waals surface area contributed by atoms with Crippen molar-refractivity contribution in [1.82, 2.24) is 70.0 Å². The minimum Gasteiger partial charge on any atom is -0.496 e. The number of nitrogens with zero attached hydrogens (tertiary/aromatic N) is 18. The number of rotatable bonds is 16. The number of methoxy groups -OCH3 is 2. The highest BCUT2D eigenvalue weighted by Crippen LogP contribution is 2.35. The number of hydrogen-bond acceptors (Lipinski definition) is 24. The van der Waals surface area contributed by atoms with E-state index in [0.717, 1.165) is 153 Å². The summed E-state index contributed by atoms with van der Waals surface area (Å²) in [7, 11) is 3.36. The van der Waals surface area contributed by atoms with E-state index >= 15 is 0 Å². The Labute approximate surface area is 647 Å². The molecule has 0 bridgehead atoms. The monoisotopic (exact) mass is 1490 g/mol. The highest BCUT2D eigenvalue weighted by molar-refractivity contribution is 5.65. The van der Waals surface area contributed by atoms with Gasteiger partial charge in [-0.15, -0.1) is 0 Å². The molecule has 6 aliphatic heterocycles. The number of aryl methyl sites for hydroxylation is 8. The Kier molecular flexibility index (Phi) is 32.4. The third-order valence-electron chi connectivity index (χ3n) is 22.2. The molecule has 0 N–H and O–H groups in total. The molecule has 8 aromatic rings. The van der Waals surface area contributed by atoms with Crippen molar-refractivity contribution in [3.05, 3.63) is 105 Å². The first-order chi connectivity index (χ1) is 50.0. The lowest BCUT2D eigenvalue weighted by atomic mass is 10.0. The predicted molar refractivity (Wildman–Crippen MR) is 442 cm³/mol. The van der Waals surface area contributed by atoms with Crippen molar-refractivity contribution < 1.29 is 27.6 Å². The van der Waals surface area contributed by atoms with Gasteiger partial charge in [-0.25, -0.2) is 0 Å². The largest absolute Gasteiger partial charge is 0.496 e. The summed E-state index contributed by atoms with van der Waals surface area (Å²) >= 11 is 0. The smallest absolute Gasteiger partial charge is 0.266 e. The topological polar surface area (TPSA) is 207 Å². The maximum absolute atomic E-state index is 5.63. The molecular weight excluding hydrogens is 1360 g/mol. The van der Waals surface area contributed by atoms with E-state index in [1.165, 1.54) is 87.5 Å². The van der Waals surface area contributed by atoms with E-state index in [9.17, 15) is 0 Å². The lowest BCUT2D eigenvalue weighted by Crippen LogP contribution is -2.54. The van der Waals surface area contributed by atoms with Gasteiger partial charge in [0.15, 0.2) is 0 Å². The molecule has 108 heavy (non-hydrogen) atoms. The molecule has 6 fully saturated rings. The Morgan fingerprint density at radius 2 is 0.556 bits per heavy atom. The van der Waals surface area contributed by atoms with Crippen LogP contribution in [0.25, 0.3) is 45.8 Å². The number of benzene rings is 4. The second-order valence-electron chi connectivity index (χ2n) is 30.5. The minimum atomic E-state index is 0. The second-order valence-corrected chi connectivity index (χ2v) is 30.5. The number of ether oxygens (including phenoxy) is 2. The maximum atomic E-state index is 5.63. The zero-order valence-corrected chi connectivity index (χ0v) is 65.7. The molecule has 6 aliphatic rings. The van der Waals surface area contributed by atoms with Crippen LogP contribution in [0.3, 0.4) is 0 Å². The summed E-state index contributed by atoms with van der Waals surface area (Å²) in [5.74, 6) is 6.84. The van der Waals surface area contributed by atoms with E-state index in [1.54, 1.807) is 14.2 Å². The van der Waals surface area contributed by atoms with Gasteiger partial charge in [0.2, 0.25) is 0 Å². The Morgan fingerprint density at radius 1 is 0.306 bits per heavy atom. The van der Waals surface area contributed by atoms with Crippen LogP contribution in [0.1, 0.15) is 155 Å². The van der Waals surface area contributed by atoms with Crippen LogP contribution in [0.15, 0.2) is 78.8 Å². The molecule has 4 aromatic heterocycles. The highest BCUT2D eigenvalue weighted by atomic mass is 16.5. The van der Waals surface area contributed by atoms with Crippen molar-refractivity contribution >= 4 is 23.8 Å². The van der Waals surface area contributed by atoms with Crippen LogP contribution in [0, 0.1) is 55.4 Å². The molecule has 6 saturated heterocycles. The Morgan fingerprint density at radius 3 is 0.815 bits per heavy atom. The molecular formula is C84H134N18O6. The van der Waals surface area contributed by atoms with E-state index in [4.69, 9.17) is 32.6 Å². The summed E-state index contributed by atoms with van der Waals surface area (Å²) in [5, 5.41) is 16.9. The Balaban J connectivity index is 0.000000199. The van der Waals surface area contributed by atoms with Crippen LogP contribution < -0.4 is 29.1 Å². The first-order valence-electron chi connectivity index (χ1n) is 38.3. The van der Waals surface area contributed by atoms with Gasteiger partial charge in [-0.1, -0.05) is 77.2 Å². The molecule has 0 saturated carbocycles. The fraction of sp³-hybridized carbons (Fsp3) is 0.619. The summed E-state index contributed by atoms with van der Waals surface area (Å²) < 4.78 is 33.1. The van der Waals surface area contributed by atoms with Crippen molar-refractivity contribution in [2.45, 2.75) is 202 Å². The van der Waals surface area contributed by atoms with E-state index in [0.29, 0.717) is 77.7 Å². The predicted octanol–water partition coefficient (Wildman–Crippen LogP) is 15.0. The summed E-state index contributed by atoms with van der Waals surface area (Å²) in [6.07, 6.45) is 4.66. The number of anilines is 4. The number of aromatic nitrogens is 8. The zero-order valence-electron chi connectivity index (χ0n) is 65.7. The van der Waals surface area contributed by atoms with E-state index in [-0.39, 0.29) is 29.7 Å². The molecule has 24 nitrogen and oxygen atoms in total. The summed E-state index contributed by atoms with van der Waals surface area (Å²) in [4.78, 5) is 43.0. The van der Waals surface area contributed by atoms with Crippen molar-refractivity contribution in [1.29, 1.82) is 0 Å². The van der Waals surface area contributed by atoms with Crippen LogP contribution >= 0.6 is 0 Å². The number of piperazine rings is 4. The second kappa shape index (κ2) is 40.1. The van der Waals surface area contributed by atoms with Crippen LogP contribution in [0.2, 0.25) is 0 Å². The van der Waals surface area contributed by atoms with E-state index < -0.39 is 0 Å². The van der Waals surface area contributed by atoms with Crippen LogP contribution in [-0.2, 0) is 0 Å². The molecule has 0 radical (unpaired) electrons. The summed E-state index contributed by atoms with van der Waals surface area (Å²) in [6.45, 7) is 56.0. The van der Waals surface area contributed by atoms with Crippen molar-refractivity contribution in [2.75, 3.05) is 165 Å². The van der Waals surface area contributed by atoms with Gasteiger partial charge in [0.05, 0.1) is 14.2 Å². The third kappa shape index (κ3) is 21.7. The van der Waals surface area contributed by atoms with Crippen molar-refractivity contribution in [3.63, 3.8) is 0 Å². The third-order valence-corrected chi connectivity index (χ3v) is 22.2. The fourth-order valence-corrected chi connectivity index (χ4v) is 15.5.